The summed E-state index contributed by atoms with van der Waals surface area (Å²) >= 11 is 1.62. The van der Waals surface area contributed by atoms with Gasteiger partial charge in [0, 0.05) is 18.5 Å². The standard InChI is InChI=1S/C17H20N2O3S/c20-16-11-22-17(13-19(16)14-3-9-23-12-14)4-6-18(7-5-17)10-15-2-1-8-21-15/h1-3,8-9,12H,4-7,10-11,13H2. The highest BCUT2D eigenvalue weighted by molar-refractivity contribution is 7.08. The number of thiophene rings is 1. The van der Waals surface area contributed by atoms with Crippen LogP contribution in [0.4, 0.5) is 5.69 Å². The Balaban J connectivity index is 1.41. The SMILES string of the molecule is O=C1COC2(CCN(Cc3ccco3)CC2)CN1c1ccsc1. The van der Waals surface area contributed by atoms with Gasteiger partial charge in [0.2, 0.25) is 0 Å². The van der Waals surface area contributed by atoms with E-state index in [2.05, 4.69) is 4.90 Å². The van der Waals surface area contributed by atoms with Crippen LogP contribution in [0.1, 0.15) is 18.6 Å². The minimum absolute atomic E-state index is 0.0621. The molecule has 4 rings (SSSR count). The molecule has 0 aromatic carbocycles. The molecule has 2 aliphatic heterocycles. The Morgan fingerprint density at radius 1 is 1.26 bits per heavy atom. The normalized spacial score (nSPS) is 21.9. The number of hydrogen-bond acceptors (Lipinski definition) is 5. The summed E-state index contributed by atoms with van der Waals surface area (Å²) < 4.78 is 11.4. The molecule has 2 saturated heterocycles. The molecular weight excluding hydrogens is 312 g/mol. The molecule has 2 aromatic rings. The number of carbonyl (C=O) groups excluding carboxylic acids is 1. The lowest BCUT2D eigenvalue weighted by molar-refractivity contribution is -0.145. The number of ether oxygens (including phenoxy) is 1. The van der Waals surface area contributed by atoms with Gasteiger partial charge in [-0.25, -0.2) is 0 Å². The third kappa shape index (κ3) is 3.06. The van der Waals surface area contributed by atoms with Crippen LogP contribution in [0.15, 0.2) is 39.6 Å². The minimum Gasteiger partial charge on any atom is -0.468 e. The average molecular weight is 332 g/mol. The Labute approximate surface area is 139 Å². The van der Waals surface area contributed by atoms with Crippen molar-refractivity contribution in [3.63, 3.8) is 0 Å². The lowest BCUT2D eigenvalue weighted by Gasteiger charge is -2.46. The molecule has 1 amide bonds. The molecule has 2 fully saturated rings. The maximum absolute atomic E-state index is 12.2. The van der Waals surface area contributed by atoms with Crippen molar-refractivity contribution in [2.75, 3.05) is 31.1 Å². The quantitative estimate of drug-likeness (QED) is 0.867. The first-order valence-electron chi connectivity index (χ1n) is 7.95. The Morgan fingerprint density at radius 2 is 2.13 bits per heavy atom. The monoisotopic (exact) mass is 332 g/mol. The van der Waals surface area contributed by atoms with Crippen LogP contribution in [0.5, 0.6) is 0 Å². The zero-order chi connectivity index (χ0) is 15.7. The maximum Gasteiger partial charge on any atom is 0.253 e. The number of anilines is 1. The van der Waals surface area contributed by atoms with Crippen LogP contribution >= 0.6 is 11.3 Å². The number of nitrogens with zero attached hydrogens (tertiary/aromatic N) is 2. The summed E-state index contributed by atoms with van der Waals surface area (Å²) in [6, 6.07) is 5.95. The van der Waals surface area contributed by atoms with E-state index in [4.69, 9.17) is 9.15 Å². The first kappa shape index (κ1) is 14.9. The van der Waals surface area contributed by atoms with Gasteiger partial charge in [0.25, 0.3) is 5.91 Å². The van der Waals surface area contributed by atoms with Crippen LogP contribution in [0, 0.1) is 0 Å². The number of rotatable bonds is 3. The molecule has 122 valence electrons. The largest absolute Gasteiger partial charge is 0.468 e. The second-order valence-electron chi connectivity index (χ2n) is 6.29. The molecule has 2 aromatic heterocycles. The number of carbonyl (C=O) groups is 1. The van der Waals surface area contributed by atoms with Gasteiger partial charge in [-0.05, 0) is 36.4 Å². The third-order valence-electron chi connectivity index (χ3n) is 4.79. The fraction of sp³-hybridized carbons (Fsp3) is 0.471. The summed E-state index contributed by atoms with van der Waals surface area (Å²) in [5, 5.41) is 4.04. The molecule has 4 heterocycles. The molecule has 1 spiro atoms. The summed E-state index contributed by atoms with van der Waals surface area (Å²) in [7, 11) is 0. The van der Waals surface area contributed by atoms with Gasteiger partial charge >= 0.3 is 0 Å². The van der Waals surface area contributed by atoms with Crippen molar-refractivity contribution >= 4 is 22.9 Å². The van der Waals surface area contributed by atoms with E-state index in [0.717, 1.165) is 43.9 Å². The number of piperidine rings is 1. The molecule has 0 unspecified atom stereocenters. The van der Waals surface area contributed by atoms with E-state index in [9.17, 15) is 4.79 Å². The molecule has 0 radical (unpaired) electrons. The molecular formula is C17H20N2O3S. The number of hydrogen-bond donors (Lipinski definition) is 0. The van der Waals surface area contributed by atoms with Gasteiger partial charge in [-0.1, -0.05) is 0 Å². The molecule has 0 aliphatic carbocycles. The summed E-state index contributed by atoms with van der Waals surface area (Å²) in [4.78, 5) is 16.5. The van der Waals surface area contributed by atoms with Gasteiger partial charge < -0.3 is 14.1 Å². The summed E-state index contributed by atoms with van der Waals surface area (Å²) in [6.07, 6.45) is 3.61. The smallest absolute Gasteiger partial charge is 0.253 e. The second kappa shape index (κ2) is 6.11. The van der Waals surface area contributed by atoms with Crippen LogP contribution in [0.3, 0.4) is 0 Å². The maximum atomic E-state index is 12.2. The van der Waals surface area contributed by atoms with Gasteiger partial charge in [0.15, 0.2) is 0 Å². The van der Waals surface area contributed by atoms with E-state index >= 15 is 0 Å². The lowest BCUT2D eigenvalue weighted by Crippen LogP contribution is -2.58. The van der Waals surface area contributed by atoms with Crippen LogP contribution in [-0.4, -0.2) is 42.6 Å². The predicted molar refractivity (Wildman–Crippen MR) is 88.6 cm³/mol. The first-order chi connectivity index (χ1) is 11.2. The number of amides is 1. The topological polar surface area (TPSA) is 45.9 Å². The fourth-order valence-corrected chi connectivity index (χ4v) is 4.05. The number of furan rings is 1. The van der Waals surface area contributed by atoms with Crippen molar-refractivity contribution in [1.82, 2.24) is 4.90 Å². The molecule has 5 nitrogen and oxygen atoms in total. The Morgan fingerprint density at radius 3 is 2.83 bits per heavy atom. The Hall–Kier alpha value is -1.63. The predicted octanol–water partition coefficient (Wildman–Crippen LogP) is 2.74. The zero-order valence-corrected chi connectivity index (χ0v) is 13.8. The van der Waals surface area contributed by atoms with E-state index < -0.39 is 0 Å². The van der Waals surface area contributed by atoms with E-state index in [1.165, 1.54) is 0 Å². The highest BCUT2D eigenvalue weighted by Gasteiger charge is 2.42. The van der Waals surface area contributed by atoms with Gasteiger partial charge in [-0.2, -0.15) is 11.3 Å². The highest BCUT2D eigenvalue weighted by atomic mass is 32.1. The molecule has 2 aliphatic rings. The van der Waals surface area contributed by atoms with E-state index in [-0.39, 0.29) is 18.1 Å². The number of likely N-dealkylation sites (tertiary alicyclic amines) is 1. The lowest BCUT2D eigenvalue weighted by atomic mass is 9.89. The number of morpholine rings is 1. The van der Waals surface area contributed by atoms with Crippen LogP contribution in [-0.2, 0) is 16.1 Å². The molecule has 6 heteroatoms. The molecule has 0 atom stereocenters. The van der Waals surface area contributed by atoms with Gasteiger partial charge in [0.1, 0.15) is 12.4 Å². The highest BCUT2D eigenvalue weighted by Crippen LogP contribution is 2.33. The van der Waals surface area contributed by atoms with Gasteiger partial charge in [-0.15, -0.1) is 0 Å². The molecule has 0 saturated carbocycles. The Kier molecular flexibility index (Phi) is 3.97. The molecule has 0 bridgehead atoms. The summed E-state index contributed by atoms with van der Waals surface area (Å²) in [5.74, 6) is 1.06. The summed E-state index contributed by atoms with van der Waals surface area (Å²) in [5.41, 5.74) is 0.802. The van der Waals surface area contributed by atoms with E-state index in [0.29, 0.717) is 6.54 Å². The first-order valence-corrected chi connectivity index (χ1v) is 8.90. The third-order valence-corrected chi connectivity index (χ3v) is 5.46. The van der Waals surface area contributed by atoms with Crippen molar-refractivity contribution in [3.8, 4) is 0 Å². The van der Waals surface area contributed by atoms with Crippen molar-refractivity contribution in [1.29, 1.82) is 0 Å². The van der Waals surface area contributed by atoms with E-state index in [1.54, 1.807) is 17.6 Å². The van der Waals surface area contributed by atoms with E-state index in [1.807, 2.05) is 33.9 Å². The van der Waals surface area contributed by atoms with Crippen molar-refractivity contribution < 1.29 is 13.9 Å². The van der Waals surface area contributed by atoms with Crippen LogP contribution in [0.25, 0.3) is 0 Å². The van der Waals surface area contributed by atoms with Gasteiger partial charge in [-0.3, -0.25) is 9.69 Å². The second-order valence-corrected chi connectivity index (χ2v) is 7.07. The van der Waals surface area contributed by atoms with Crippen LogP contribution in [0.2, 0.25) is 0 Å². The summed E-state index contributed by atoms with van der Waals surface area (Å²) in [6.45, 7) is 3.63. The fourth-order valence-electron chi connectivity index (χ4n) is 3.40. The average Bonchev–Trinajstić information content (AvgIpc) is 3.26. The minimum atomic E-state index is -0.199. The molecule has 23 heavy (non-hydrogen) atoms. The van der Waals surface area contributed by atoms with Crippen LogP contribution < -0.4 is 4.90 Å². The zero-order valence-electron chi connectivity index (χ0n) is 12.9. The van der Waals surface area contributed by atoms with Gasteiger partial charge in [0.05, 0.1) is 30.6 Å². The van der Waals surface area contributed by atoms with Crippen molar-refractivity contribution in [2.45, 2.75) is 25.0 Å². The van der Waals surface area contributed by atoms with Crippen molar-refractivity contribution in [2.24, 2.45) is 0 Å². The Bertz CT molecular complexity index is 645. The molecule has 0 N–H and O–H groups in total. The van der Waals surface area contributed by atoms with Crippen molar-refractivity contribution in [3.05, 3.63) is 41.0 Å².